The van der Waals surface area contributed by atoms with Gasteiger partial charge in [0.25, 0.3) is 0 Å². The smallest absolute Gasteiger partial charge is 0.360 e. The number of aryl methyl sites for hydroxylation is 2. The van der Waals surface area contributed by atoms with Crippen molar-refractivity contribution in [3.05, 3.63) is 69.8 Å². The van der Waals surface area contributed by atoms with Crippen molar-refractivity contribution in [3.63, 3.8) is 0 Å². The van der Waals surface area contributed by atoms with Crippen molar-refractivity contribution in [1.82, 2.24) is 0 Å². The minimum atomic E-state index is -0.978. The number of halogens is 2. The highest BCUT2D eigenvalue weighted by molar-refractivity contribution is 6.43. The molecule has 0 saturated heterocycles. The fourth-order valence-electron chi connectivity index (χ4n) is 2.86. The lowest BCUT2D eigenvalue weighted by Gasteiger charge is -2.13. The molecule has 30 heavy (non-hydrogen) atoms. The third-order valence-corrected chi connectivity index (χ3v) is 4.52. The number of hydrogen-bond donors (Lipinski definition) is 0. The van der Waals surface area contributed by atoms with E-state index < -0.39 is 17.6 Å². The predicted molar refractivity (Wildman–Crippen MR) is 109 cm³/mol. The van der Waals surface area contributed by atoms with Crippen LogP contribution >= 0.6 is 0 Å². The molecule has 0 aliphatic rings. The highest BCUT2D eigenvalue weighted by Gasteiger charge is 2.21. The zero-order chi connectivity index (χ0) is 22.3. The van der Waals surface area contributed by atoms with Crippen LogP contribution in [0.25, 0.3) is 0 Å². The van der Waals surface area contributed by atoms with Gasteiger partial charge < -0.3 is 14.4 Å². The summed E-state index contributed by atoms with van der Waals surface area (Å²) in [6, 6.07) is 7.97. The first kappa shape index (κ1) is 23.0. The van der Waals surface area contributed by atoms with Gasteiger partial charge in [0.15, 0.2) is 17.3 Å². The van der Waals surface area contributed by atoms with Crippen molar-refractivity contribution < 1.29 is 28.0 Å². The Morgan fingerprint density at radius 2 is 1.83 bits per heavy atom. The first-order chi connectivity index (χ1) is 14.3. The molecule has 0 bridgehead atoms. The van der Waals surface area contributed by atoms with Gasteiger partial charge in [0.1, 0.15) is 13.7 Å². The highest BCUT2D eigenvalue weighted by Crippen LogP contribution is 2.20. The maximum atomic E-state index is 14.2. The van der Waals surface area contributed by atoms with Crippen LogP contribution in [-0.4, -0.2) is 31.6 Å². The standard InChI is InChI=1S/C22H24F2N2O4/c1-6-15-10-17(20(24)19(23)11-15)14(3)25-30-12-18-13(2)8-7-9-16(18)21(26-29-5)22(27)28-4/h7-11H,6,12H2,1-5H3/b25-14+,26-21+. The second kappa shape index (κ2) is 10.5. The molecule has 8 heteroatoms. The van der Waals surface area contributed by atoms with Gasteiger partial charge in [-0.25, -0.2) is 13.6 Å². The molecule has 0 heterocycles. The summed E-state index contributed by atoms with van der Waals surface area (Å²) >= 11 is 0. The van der Waals surface area contributed by atoms with Crippen LogP contribution in [0.15, 0.2) is 40.6 Å². The van der Waals surface area contributed by atoms with Gasteiger partial charge in [-0.2, -0.15) is 0 Å². The average Bonchev–Trinajstić information content (AvgIpc) is 2.74. The normalized spacial score (nSPS) is 12.0. The van der Waals surface area contributed by atoms with Crippen LogP contribution in [0.3, 0.4) is 0 Å². The van der Waals surface area contributed by atoms with Crippen LogP contribution in [0.2, 0.25) is 0 Å². The first-order valence-electron chi connectivity index (χ1n) is 9.27. The summed E-state index contributed by atoms with van der Waals surface area (Å²) in [5.41, 5.74) is 2.76. The third-order valence-electron chi connectivity index (χ3n) is 4.52. The molecule has 0 aromatic heterocycles. The number of methoxy groups -OCH3 is 1. The van der Waals surface area contributed by atoms with E-state index in [2.05, 4.69) is 10.3 Å². The summed E-state index contributed by atoms with van der Waals surface area (Å²) in [5, 5.41) is 7.70. The summed E-state index contributed by atoms with van der Waals surface area (Å²) in [4.78, 5) is 22.3. The van der Waals surface area contributed by atoms with E-state index in [0.29, 0.717) is 23.1 Å². The van der Waals surface area contributed by atoms with Gasteiger partial charge in [0.05, 0.1) is 12.8 Å². The molecule has 0 atom stereocenters. The second-order valence-electron chi connectivity index (χ2n) is 6.46. The van der Waals surface area contributed by atoms with Gasteiger partial charge in [-0.1, -0.05) is 35.4 Å². The monoisotopic (exact) mass is 418 g/mol. The first-order valence-corrected chi connectivity index (χ1v) is 9.27. The summed E-state index contributed by atoms with van der Waals surface area (Å²) in [6.45, 7) is 5.18. The molecule has 6 nitrogen and oxygen atoms in total. The quantitative estimate of drug-likeness (QED) is 0.364. The zero-order valence-corrected chi connectivity index (χ0v) is 17.6. The number of hydrogen-bond acceptors (Lipinski definition) is 6. The molecule has 2 rings (SSSR count). The van der Waals surface area contributed by atoms with Gasteiger partial charge >= 0.3 is 5.97 Å². The Hall–Kier alpha value is -3.29. The maximum absolute atomic E-state index is 14.2. The molecule has 160 valence electrons. The third kappa shape index (κ3) is 5.20. The molecule has 0 amide bonds. The van der Waals surface area contributed by atoms with E-state index in [4.69, 9.17) is 14.4 Å². The molecule has 0 N–H and O–H groups in total. The second-order valence-corrected chi connectivity index (χ2v) is 6.46. The van der Waals surface area contributed by atoms with E-state index in [1.807, 2.05) is 19.9 Å². The van der Waals surface area contributed by atoms with E-state index in [9.17, 15) is 13.6 Å². The van der Waals surface area contributed by atoms with Crippen molar-refractivity contribution in [2.24, 2.45) is 10.3 Å². The van der Waals surface area contributed by atoms with Crippen LogP contribution in [0, 0.1) is 18.6 Å². The summed E-state index contributed by atoms with van der Waals surface area (Å²) in [5.74, 6) is -2.58. The Bertz CT molecular complexity index is 987. The van der Waals surface area contributed by atoms with E-state index in [1.54, 1.807) is 18.2 Å². The zero-order valence-electron chi connectivity index (χ0n) is 17.6. The van der Waals surface area contributed by atoms with E-state index >= 15 is 0 Å². The number of benzene rings is 2. The largest absolute Gasteiger partial charge is 0.464 e. The summed E-state index contributed by atoms with van der Waals surface area (Å²) in [6.07, 6.45) is 0.556. The van der Waals surface area contributed by atoms with Crippen molar-refractivity contribution in [1.29, 1.82) is 0 Å². The number of esters is 1. The Kier molecular flexibility index (Phi) is 8.03. The number of carbonyl (C=O) groups excluding carboxylic acids is 1. The van der Waals surface area contributed by atoms with Crippen molar-refractivity contribution in [2.45, 2.75) is 33.8 Å². The van der Waals surface area contributed by atoms with E-state index in [0.717, 1.165) is 11.6 Å². The summed E-state index contributed by atoms with van der Waals surface area (Å²) in [7, 11) is 2.56. The van der Waals surface area contributed by atoms with Crippen LogP contribution in [0.4, 0.5) is 8.78 Å². The minimum Gasteiger partial charge on any atom is -0.464 e. The average molecular weight is 418 g/mol. The number of oxime groups is 2. The Labute approximate surface area is 174 Å². The molecule has 2 aromatic carbocycles. The SMILES string of the molecule is CCc1cc(F)c(F)c(/C(C)=N/OCc2c(C)cccc2/C(=N\OC)C(=O)OC)c1. The number of rotatable bonds is 8. The Morgan fingerprint density at radius 3 is 2.47 bits per heavy atom. The highest BCUT2D eigenvalue weighted by atomic mass is 19.2. The van der Waals surface area contributed by atoms with E-state index in [-0.39, 0.29) is 23.6 Å². The number of ether oxygens (including phenoxy) is 1. The molecule has 0 spiro atoms. The minimum absolute atomic E-state index is 0.0215. The predicted octanol–water partition coefficient (Wildman–Crippen LogP) is 4.30. The molecule has 0 aliphatic heterocycles. The van der Waals surface area contributed by atoms with Crippen LogP contribution in [0.1, 0.15) is 41.7 Å². The molecular formula is C22H24F2N2O4. The fourth-order valence-corrected chi connectivity index (χ4v) is 2.86. The van der Waals surface area contributed by atoms with Crippen molar-refractivity contribution >= 4 is 17.4 Å². The maximum Gasteiger partial charge on any atom is 0.360 e. The lowest BCUT2D eigenvalue weighted by atomic mass is 9.99. The number of nitrogens with zero attached hydrogens (tertiary/aromatic N) is 2. The molecule has 0 unspecified atom stereocenters. The molecule has 2 aromatic rings. The molecule has 0 fully saturated rings. The van der Waals surface area contributed by atoms with Gasteiger partial charge in [-0.15, -0.1) is 0 Å². The van der Waals surface area contributed by atoms with Crippen LogP contribution < -0.4 is 0 Å². The Balaban J connectivity index is 2.34. The van der Waals surface area contributed by atoms with Crippen LogP contribution in [0.5, 0.6) is 0 Å². The summed E-state index contributed by atoms with van der Waals surface area (Å²) < 4.78 is 32.7. The van der Waals surface area contributed by atoms with Gasteiger partial charge in [0.2, 0.25) is 0 Å². The molecular weight excluding hydrogens is 394 g/mol. The number of carbonyl (C=O) groups is 1. The lowest BCUT2D eigenvalue weighted by molar-refractivity contribution is -0.132. The van der Waals surface area contributed by atoms with Crippen LogP contribution in [-0.2, 0) is 32.2 Å². The molecule has 0 aliphatic carbocycles. The van der Waals surface area contributed by atoms with Gasteiger partial charge in [-0.3, -0.25) is 0 Å². The van der Waals surface area contributed by atoms with Crippen molar-refractivity contribution in [3.8, 4) is 0 Å². The van der Waals surface area contributed by atoms with Gasteiger partial charge in [-0.05, 0) is 43.5 Å². The lowest BCUT2D eigenvalue weighted by Crippen LogP contribution is -2.20. The molecule has 0 saturated carbocycles. The van der Waals surface area contributed by atoms with Gasteiger partial charge in [0, 0.05) is 16.7 Å². The fraction of sp³-hybridized carbons (Fsp3) is 0.318. The Morgan fingerprint density at radius 1 is 1.10 bits per heavy atom. The van der Waals surface area contributed by atoms with E-state index in [1.165, 1.54) is 21.1 Å². The molecule has 0 radical (unpaired) electrons. The topological polar surface area (TPSA) is 69.5 Å². The van der Waals surface area contributed by atoms with Crippen molar-refractivity contribution in [2.75, 3.05) is 14.2 Å².